The van der Waals surface area contributed by atoms with Crippen molar-refractivity contribution in [3.05, 3.63) is 58.2 Å². The molecule has 3 rings (SSSR count). The van der Waals surface area contributed by atoms with Crippen LogP contribution < -0.4 is 15.4 Å². The number of methoxy groups -OCH3 is 1. The fourth-order valence-electron chi connectivity index (χ4n) is 2.19. The van der Waals surface area contributed by atoms with Crippen molar-refractivity contribution in [2.45, 2.75) is 6.92 Å². The van der Waals surface area contributed by atoms with Crippen molar-refractivity contribution in [2.75, 3.05) is 17.7 Å². The van der Waals surface area contributed by atoms with Crippen LogP contribution >= 0.6 is 15.9 Å². The van der Waals surface area contributed by atoms with Gasteiger partial charge in [0, 0.05) is 10.2 Å². The minimum absolute atomic E-state index is 0.170. The third kappa shape index (κ3) is 3.97. The first-order chi connectivity index (χ1) is 12.1. The molecule has 0 saturated carbocycles. The highest BCUT2D eigenvalue weighted by molar-refractivity contribution is 9.10. The smallest absolute Gasteiger partial charge is 0.280 e. The second kappa shape index (κ2) is 7.35. The van der Waals surface area contributed by atoms with E-state index >= 15 is 0 Å². The molecule has 7 nitrogen and oxygen atoms in total. The number of carbonyl (C=O) groups excluding carboxylic acids is 1. The van der Waals surface area contributed by atoms with Crippen molar-refractivity contribution < 1.29 is 9.53 Å². The zero-order chi connectivity index (χ0) is 17.8. The Morgan fingerprint density at radius 3 is 2.60 bits per heavy atom. The van der Waals surface area contributed by atoms with Gasteiger partial charge >= 0.3 is 0 Å². The summed E-state index contributed by atoms with van der Waals surface area (Å²) in [5.74, 6) is 0.716. The maximum Gasteiger partial charge on any atom is 0.280 e. The highest BCUT2D eigenvalue weighted by atomic mass is 79.9. The van der Waals surface area contributed by atoms with Crippen LogP contribution in [0.5, 0.6) is 5.75 Å². The van der Waals surface area contributed by atoms with E-state index in [2.05, 4.69) is 42.0 Å². The number of H-pyrrole nitrogens is 1. The van der Waals surface area contributed by atoms with Crippen molar-refractivity contribution in [3.8, 4) is 5.75 Å². The molecule has 0 fully saturated rings. The van der Waals surface area contributed by atoms with E-state index in [9.17, 15) is 4.79 Å². The Hall–Kier alpha value is -2.87. The summed E-state index contributed by atoms with van der Waals surface area (Å²) in [6, 6.07) is 12.9. The van der Waals surface area contributed by atoms with Crippen LogP contribution in [0.2, 0.25) is 0 Å². The van der Waals surface area contributed by atoms with Gasteiger partial charge in [0.15, 0.2) is 11.5 Å². The molecule has 1 heterocycles. The standard InChI is InChI=1S/C17H16BrN5O2/c1-10-3-8-14(13(18)9-10)20-17(24)15-16(22-23-21-15)19-11-4-6-12(25-2)7-5-11/h3-9H,1-2H3,(H,20,24)(H2,19,21,22,23). The molecule has 0 unspecified atom stereocenters. The van der Waals surface area contributed by atoms with E-state index < -0.39 is 0 Å². The first-order valence-corrected chi connectivity index (χ1v) is 8.25. The predicted molar refractivity (Wildman–Crippen MR) is 99.5 cm³/mol. The Morgan fingerprint density at radius 1 is 1.16 bits per heavy atom. The summed E-state index contributed by atoms with van der Waals surface area (Å²) in [6.07, 6.45) is 0. The molecule has 0 aliphatic heterocycles. The number of anilines is 3. The first kappa shape index (κ1) is 17.0. The zero-order valence-electron chi connectivity index (χ0n) is 13.6. The van der Waals surface area contributed by atoms with E-state index in [4.69, 9.17) is 4.74 Å². The number of benzene rings is 2. The molecule has 0 bridgehead atoms. The monoisotopic (exact) mass is 401 g/mol. The molecule has 128 valence electrons. The molecule has 8 heteroatoms. The largest absolute Gasteiger partial charge is 0.497 e. The average molecular weight is 402 g/mol. The van der Waals surface area contributed by atoms with Gasteiger partial charge in [-0.3, -0.25) is 4.79 Å². The Balaban J connectivity index is 1.76. The quantitative estimate of drug-likeness (QED) is 0.603. The molecule has 1 amide bonds. The van der Waals surface area contributed by atoms with E-state index in [1.165, 1.54) is 0 Å². The molecule has 1 aromatic heterocycles. The van der Waals surface area contributed by atoms with Gasteiger partial charge in [0.2, 0.25) is 0 Å². The summed E-state index contributed by atoms with van der Waals surface area (Å²) in [4.78, 5) is 12.5. The Morgan fingerprint density at radius 2 is 1.92 bits per heavy atom. The number of aryl methyl sites for hydroxylation is 1. The average Bonchev–Trinajstić information content (AvgIpc) is 3.06. The second-order valence-electron chi connectivity index (χ2n) is 5.31. The van der Waals surface area contributed by atoms with Crippen LogP contribution in [0.25, 0.3) is 0 Å². The van der Waals surface area contributed by atoms with Gasteiger partial charge in [-0.2, -0.15) is 5.21 Å². The first-order valence-electron chi connectivity index (χ1n) is 7.46. The highest BCUT2D eigenvalue weighted by Gasteiger charge is 2.18. The Bertz CT molecular complexity index is 892. The van der Waals surface area contributed by atoms with Crippen LogP contribution in [-0.4, -0.2) is 28.4 Å². The van der Waals surface area contributed by atoms with Gasteiger partial charge in [0.1, 0.15) is 5.75 Å². The number of hydrogen-bond donors (Lipinski definition) is 3. The summed E-state index contributed by atoms with van der Waals surface area (Å²) in [7, 11) is 1.60. The van der Waals surface area contributed by atoms with Crippen LogP contribution in [0.3, 0.4) is 0 Å². The lowest BCUT2D eigenvalue weighted by Gasteiger charge is -2.08. The van der Waals surface area contributed by atoms with Crippen molar-refractivity contribution in [2.24, 2.45) is 0 Å². The molecular weight excluding hydrogens is 386 g/mol. The Labute approximate surface area is 152 Å². The third-order valence-electron chi connectivity index (χ3n) is 3.49. The van der Waals surface area contributed by atoms with E-state index in [1.807, 2.05) is 49.4 Å². The number of ether oxygens (including phenoxy) is 1. The fraction of sp³-hybridized carbons (Fsp3) is 0.118. The number of nitrogens with zero attached hydrogens (tertiary/aromatic N) is 2. The number of aromatic amines is 1. The van der Waals surface area contributed by atoms with Gasteiger partial charge < -0.3 is 15.4 Å². The van der Waals surface area contributed by atoms with Gasteiger partial charge in [-0.15, -0.1) is 10.2 Å². The summed E-state index contributed by atoms with van der Waals surface area (Å²) in [5, 5.41) is 16.3. The predicted octanol–water partition coefficient (Wildman–Crippen LogP) is 3.88. The van der Waals surface area contributed by atoms with Gasteiger partial charge in [0.05, 0.1) is 12.8 Å². The fourth-order valence-corrected chi connectivity index (χ4v) is 2.78. The molecule has 3 N–H and O–H groups in total. The minimum atomic E-state index is -0.366. The molecule has 25 heavy (non-hydrogen) atoms. The normalized spacial score (nSPS) is 10.4. The van der Waals surface area contributed by atoms with Crippen LogP contribution in [0.4, 0.5) is 17.2 Å². The number of hydrogen-bond acceptors (Lipinski definition) is 5. The molecule has 0 radical (unpaired) electrons. The number of halogens is 1. The number of amides is 1. The van der Waals surface area contributed by atoms with Crippen LogP contribution in [-0.2, 0) is 0 Å². The van der Waals surface area contributed by atoms with E-state index in [0.29, 0.717) is 11.5 Å². The third-order valence-corrected chi connectivity index (χ3v) is 4.14. The summed E-state index contributed by atoms with van der Waals surface area (Å²) < 4.78 is 5.92. The molecule has 0 aliphatic rings. The van der Waals surface area contributed by atoms with Gasteiger partial charge in [0.25, 0.3) is 5.91 Å². The lowest BCUT2D eigenvalue weighted by molar-refractivity contribution is 0.102. The van der Waals surface area contributed by atoms with E-state index in [1.54, 1.807) is 7.11 Å². The van der Waals surface area contributed by atoms with Crippen LogP contribution in [0.15, 0.2) is 46.9 Å². The number of nitrogens with one attached hydrogen (secondary N) is 3. The molecule has 0 atom stereocenters. The van der Waals surface area contributed by atoms with Crippen LogP contribution in [0.1, 0.15) is 16.1 Å². The molecule has 0 saturated heterocycles. The number of rotatable bonds is 5. The lowest BCUT2D eigenvalue weighted by atomic mass is 10.2. The van der Waals surface area contributed by atoms with Crippen molar-refractivity contribution >= 4 is 39.0 Å². The van der Waals surface area contributed by atoms with Crippen molar-refractivity contribution in [1.82, 2.24) is 15.4 Å². The van der Waals surface area contributed by atoms with E-state index in [-0.39, 0.29) is 11.6 Å². The molecule has 2 aromatic carbocycles. The number of aromatic nitrogens is 3. The molecular formula is C17H16BrN5O2. The zero-order valence-corrected chi connectivity index (χ0v) is 15.2. The molecule has 0 aliphatic carbocycles. The van der Waals surface area contributed by atoms with E-state index in [0.717, 1.165) is 21.5 Å². The molecule has 0 spiro atoms. The summed E-state index contributed by atoms with van der Waals surface area (Å²) in [6.45, 7) is 1.98. The van der Waals surface area contributed by atoms with Gasteiger partial charge in [-0.25, -0.2) is 0 Å². The molecule has 3 aromatic rings. The minimum Gasteiger partial charge on any atom is -0.497 e. The van der Waals surface area contributed by atoms with Gasteiger partial charge in [-0.05, 0) is 64.8 Å². The highest BCUT2D eigenvalue weighted by Crippen LogP contribution is 2.25. The lowest BCUT2D eigenvalue weighted by Crippen LogP contribution is -2.14. The maximum atomic E-state index is 12.5. The maximum absolute atomic E-state index is 12.5. The SMILES string of the molecule is COc1ccc(Nc2n[nH]nc2C(=O)Nc2ccc(C)cc2Br)cc1. The van der Waals surface area contributed by atoms with Crippen molar-refractivity contribution in [1.29, 1.82) is 0 Å². The Kier molecular flexibility index (Phi) is 4.99. The summed E-state index contributed by atoms with van der Waals surface area (Å²) in [5.41, 5.74) is 2.69. The second-order valence-corrected chi connectivity index (χ2v) is 6.17. The summed E-state index contributed by atoms with van der Waals surface area (Å²) >= 11 is 3.44. The van der Waals surface area contributed by atoms with Crippen LogP contribution in [0, 0.1) is 6.92 Å². The van der Waals surface area contributed by atoms with Crippen molar-refractivity contribution in [3.63, 3.8) is 0 Å². The topological polar surface area (TPSA) is 91.9 Å². The van der Waals surface area contributed by atoms with Gasteiger partial charge in [-0.1, -0.05) is 6.07 Å². The number of carbonyl (C=O) groups is 1.